The van der Waals surface area contributed by atoms with Crippen LogP contribution in [0, 0.1) is 13.8 Å². The number of fused-ring (bicyclic) bond motifs is 3. The SMILES string of the molecule is COc1cc2c(cc1NC(=O)Cc1c(C)nn(C)c1C)oc1ccccc12. The van der Waals surface area contributed by atoms with Gasteiger partial charge in [0, 0.05) is 35.1 Å². The van der Waals surface area contributed by atoms with Gasteiger partial charge in [0.15, 0.2) is 0 Å². The van der Waals surface area contributed by atoms with Gasteiger partial charge in [0.05, 0.1) is 24.9 Å². The summed E-state index contributed by atoms with van der Waals surface area (Å²) in [6, 6.07) is 11.6. The molecule has 0 fully saturated rings. The number of carbonyl (C=O) groups excluding carboxylic acids is 1. The number of hydrogen-bond donors (Lipinski definition) is 1. The van der Waals surface area contributed by atoms with Gasteiger partial charge in [-0.25, -0.2) is 0 Å². The Morgan fingerprint density at radius 3 is 2.67 bits per heavy atom. The first-order valence-electron chi connectivity index (χ1n) is 8.76. The molecule has 0 atom stereocenters. The zero-order chi connectivity index (χ0) is 19.1. The maximum Gasteiger partial charge on any atom is 0.229 e. The van der Waals surface area contributed by atoms with Crippen LogP contribution in [0.2, 0.25) is 0 Å². The van der Waals surface area contributed by atoms with Crippen LogP contribution in [-0.4, -0.2) is 22.8 Å². The second kappa shape index (κ2) is 6.46. The number of nitrogens with one attached hydrogen (secondary N) is 1. The van der Waals surface area contributed by atoms with Crippen molar-refractivity contribution < 1.29 is 13.9 Å². The van der Waals surface area contributed by atoms with E-state index in [9.17, 15) is 4.79 Å². The number of rotatable bonds is 4. The van der Waals surface area contributed by atoms with E-state index in [4.69, 9.17) is 9.15 Å². The molecule has 27 heavy (non-hydrogen) atoms. The summed E-state index contributed by atoms with van der Waals surface area (Å²) in [7, 11) is 3.47. The number of methoxy groups -OCH3 is 1. The summed E-state index contributed by atoms with van der Waals surface area (Å²) in [6.07, 6.45) is 0.257. The normalized spacial score (nSPS) is 11.3. The molecule has 1 N–H and O–H groups in total. The zero-order valence-electron chi connectivity index (χ0n) is 15.8. The minimum atomic E-state index is -0.122. The lowest BCUT2D eigenvalue weighted by Crippen LogP contribution is -2.16. The number of furan rings is 1. The molecular formula is C21H21N3O3. The Morgan fingerprint density at radius 2 is 1.96 bits per heavy atom. The summed E-state index contributed by atoms with van der Waals surface area (Å²) in [6.45, 7) is 3.88. The third-order valence-electron chi connectivity index (χ3n) is 4.97. The Labute approximate surface area is 156 Å². The van der Waals surface area contributed by atoms with Crippen LogP contribution in [-0.2, 0) is 18.3 Å². The highest BCUT2D eigenvalue weighted by Gasteiger charge is 2.17. The van der Waals surface area contributed by atoms with Crippen molar-refractivity contribution in [3.8, 4) is 5.75 Å². The van der Waals surface area contributed by atoms with Gasteiger partial charge in [-0.05, 0) is 26.0 Å². The van der Waals surface area contributed by atoms with Crippen LogP contribution in [0.4, 0.5) is 5.69 Å². The number of aryl methyl sites for hydroxylation is 2. The average molecular weight is 363 g/mol. The zero-order valence-corrected chi connectivity index (χ0v) is 15.8. The van der Waals surface area contributed by atoms with Gasteiger partial charge in [0.25, 0.3) is 0 Å². The van der Waals surface area contributed by atoms with Crippen molar-refractivity contribution in [2.45, 2.75) is 20.3 Å². The summed E-state index contributed by atoms with van der Waals surface area (Å²) in [5.41, 5.74) is 4.90. The summed E-state index contributed by atoms with van der Waals surface area (Å²) < 4.78 is 13.2. The third-order valence-corrected chi connectivity index (χ3v) is 4.97. The lowest BCUT2D eigenvalue weighted by Gasteiger charge is -2.10. The summed E-state index contributed by atoms with van der Waals surface area (Å²) in [5, 5.41) is 9.29. The van der Waals surface area contributed by atoms with Crippen molar-refractivity contribution in [3.05, 3.63) is 53.3 Å². The molecule has 6 nitrogen and oxygen atoms in total. The lowest BCUT2D eigenvalue weighted by atomic mass is 10.1. The molecule has 0 saturated carbocycles. The first kappa shape index (κ1) is 17.1. The van der Waals surface area contributed by atoms with E-state index in [2.05, 4.69) is 10.4 Å². The number of amides is 1. The highest BCUT2D eigenvalue weighted by atomic mass is 16.5. The van der Waals surface area contributed by atoms with E-state index < -0.39 is 0 Å². The first-order valence-corrected chi connectivity index (χ1v) is 8.76. The van der Waals surface area contributed by atoms with Gasteiger partial charge in [0.2, 0.25) is 5.91 Å². The molecule has 138 valence electrons. The predicted octanol–water partition coefficient (Wildman–Crippen LogP) is 4.13. The number of carbonyl (C=O) groups is 1. The van der Waals surface area contributed by atoms with E-state index in [0.29, 0.717) is 17.0 Å². The maximum atomic E-state index is 12.6. The molecule has 2 aromatic carbocycles. The Kier molecular flexibility index (Phi) is 4.11. The van der Waals surface area contributed by atoms with Gasteiger partial charge in [-0.15, -0.1) is 0 Å². The summed E-state index contributed by atoms with van der Waals surface area (Å²) >= 11 is 0. The predicted molar refractivity (Wildman–Crippen MR) is 105 cm³/mol. The Hall–Kier alpha value is -3.28. The average Bonchev–Trinajstić information content (AvgIpc) is 3.12. The third kappa shape index (κ3) is 2.93. The van der Waals surface area contributed by atoms with Crippen LogP contribution in [0.3, 0.4) is 0 Å². The summed E-state index contributed by atoms with van der Waals surface area (Å²) in [5.74, 6) is 0.477. The molecule has 0 aliphatic rings. The number of benzene rings is 2. The molecular weight excluding hydrogens is 342 g/mol. The lowest BCUT2D eigenvalue weighted by molar-refractivity contribution is -0.115. The fourth-order valence-corrected chi connectivity index (χ4v) is 3.45. The Bertz CT molecular complexity index is 1170. The maximum absolute atomic E-state index is 12.6. The molecule has 6 heteroatoms. The van der Waals surface area contributed by atoms with E-state index in [0.717, 1.165) is 33.3 Å². The van der Waals surface area contributed by atoms with Crippen molar-refractivity contribution in [2.24, 2.45) is 7.05 Å². The van der Waals surface area contributed by atoms with Gasteiger partial charge < -0.3 is 14.5 Å². The van der Waals surface area contributed by atoms with Gasteiger partial charge >= 0.3 is 0 Å². The van der Waals surface area contributed by atoms with E-state index in [1.807, 2.05) is 57.3 Å². The van der Waals surface area contributed by atoms with Crippen molar-refractivity contribution in [1.82, 2.24) is 9.78 Å². The number of hydrogen-bond acceptors (Lipinski definition) is 4. The minimum Gasteiger partial charge on any atom is -0.495 e. The van der Waals surface area contributed by atoms with Crippen LogP contribution >= 0.6 is 0 Å². The van der Waals surface area contributed by atoms with E-state index in [1.54, 1.807) is 11.8 Å². The molecule has 2 heterocycles. The van der Waals surface area contributed by atoms with Crippen LogP contribution in [0.1, 0.15) is 17.0 Å². The number of aromatic nitrogens is 2. The van der Waals surface area contributed by atoms with Gasteiger partial charge in [0.1, 0.15) is 16.9 Å². The van der Waals surface area contributed by atoms with Crippen molar-refractivity contribution in [1.29, 1.82) is 0 Å². The quantitative estimate of drug-likeness (QED) is 0.592. The fraction of sp³-hybridized carbons (Fsp3) is 0.238. The molecule has 0 unspecified atom stereocenters. The van der Waals surface area contributed by atoms with Crippen LogP contribution in [0.5, 0.6) is 5.75 Å². The monoisotopic (exact) mass is 363 g/mol. The summed E-state index contributed by atoms with van der Waals surface area (Å²) in [4.78, 5) is 12.6. The molecule has 0 aliphatic carbocycles. The molecule has 4 rings (SSSR count). The smallest absolute Gasteiger partial charge is 0.229 e. The molecule has 0 saturated heterocycles. The second-order valence-corrected chi connectivity index (χ2v) is 6.64. The van der Waals surface area contributed by atoms with Crippen LogP contribution in [0.15, 0.2) is 40.8 Å². The minimum absolute atomic E-state index is 0.122. The topological polar surface area (TPSA) is 69.3 Å². The van der Waals surface area contributed by atoms with Crippen molar-refractivity contribution in [3.63, 3.8) is 0 Å². The van der Waals surface area contributed by atoms with Gasteiger partial charge in [-0.2, -0.15) is 5.10 Å². The first-order chi connectivity index (χ1) is 13.0. The highest BCUT2D eigenvalue weighted by Crippen LogP contribution is 2.36. The molecule has 0 bridgehead atoms. The molecule has 1 amide bonds. The number of nitrogens with zero attached hydrogens (tertiary/aromatic N) is 2. The Morgan fingerprint density at radius 1 is 1.19 bits per heavy atom. The largest absolute Gasteiger partial charge is 0.495 e. The van der Waals surface area contributed by atoms with Gasteiger partial charge in [-0.1, -0.05) is 18.2 Å². The molecule has 4 aromatic rings. The van der Waals surface area contributed by atoms with Crippen LogP contribution < -0.4 is 10.1 Å². The highest BCUT2D eigenvalue weighted by molar-refractivity contribution is 6.07. The standard InChI is InChI=1S/C21H21N3O3/c1-12-15(13(2)24(3)23-12)10-21(25)22-17-11-19-16(9-20(17)26-4)14-7-5-6-8-18(14)27-19/h5-9,11H,10H2,1-4H3,(H,22,25). The molecule has 2 aromatic heterocycles. The number of anilines is 1. The Balaban J connectivity index is 1.68. The van der Waals surface area contributed by atoms with Crippen molar-refractivity contribution >= 4 is 33.5 Å². The molecule has 0 radical (unpaired) electrons. The van der Waals surface area contributed by atoms with E-state index in [-0.39, 0.29) is 12.3 Å². The van der Waals surface area contributed by atoms with Gasteiger partial charge in [-0.3, -0.25) is 9.48 Å². The number of para-hydroxylation sites is 1. The fourth-order valence-electron chi connectivity index (χ4n) is 3.45. The van der Waals surface area contributed by atoms with E-state index in [1.165, 1.54) is 0 Å². The van der Waals surface area contributed by atoms with Crippen LogP contribution in [0.25, 0.3) is 21.9 Å². The molecule has 0 aliphatic heterocycles. The molecule has 0 spiro atoms. The number of ether oxygens (including phenoxy) is 1. The van der Waals surface area contributed by atoms with E-state index >= 15 is 0 Å². The second-order valence-electron chi connectivity index (χ2n) is 6.64. The van der Waals surface area contributed by atoms with Crippen molar-refractivity contribution in [2.75, 3.05) is 12.4 Å².